The van der Waals surface area contributed by atoms with E-state index in [0.717, 1.165) is 9.35 Å². The van der Waals surface area contributed by atoms with Crippen molar-refractivity contribution < 1.29 is 14.7 Å². The van der Waals surface area contributed by atoms with Crippen LogP contribution >= 0.6 is 27.3 Å². The number of thiophene rings is 1. The van der Waals surface area contributed by atoms with Crippen molar-refractivity contribution >= 4 is 44.8 Å². The molecule has 2 N–H and O–H groups in total. The first kappa shape index (κ1) is 13.8. The summed E-state index contributed by atoms with van der Waals surface area (Å²) in [6.07, 6.45) is 0. The van der Waals surface area contributed by atoms with Crippen LogP contribution in [0.5, 0.6) is 0 Å². The number of carboxylic acids is 1. The summed E-state index contributed by atoms with van der Waals surface area (Å²) in [5.41, 5.74) is 2.00. The minimum Gasteiger partial charge on any atom is -0.478 e. The van der Waals surface area contributed by atoms with Crippen LogP contribution < -0.4 is 5.32 Å². The van der Waals surface area contributed by atoms with Gasteiger partial charge < -0.3 is 10.4 Å². The molecule has 4 nitrogen and oxygen atoms in total. The highest BCUT2D eigenvalue weighted by molar-refractivity contribution is 9.11. The van der Waals surface area contributed by atoms with Crippen molar-refractivity contribution in [3.8, 4) is 0 Å². The van der Waals surface area contributed by atoms with Crippen LogP contribution in [0.3, 0.4) is 0 Å². The van der Waals surface area contributed by atoms with E-state index in [9.17, 15) is 9.59 Å². The van der Waals surface area contributed by atoms with Crippen LogP contribution in [0.4, 0.5) is 5.69 Å². The first-order valence-corrected chi connectivity index (χ1v) is 7.04. The van der Waals surface area contributed by atoms with E-state index in [4.69, 9.17) is 5.11 Å². The third kappa shape index (κ3) is 3.21. The fourth-order valence-electron chi connectivity index (χ4n) is 1.51. The lowest BCUT2D eigenvalue weighted by atomic mass is 10.1. The smallest absolute Gasteiger partial charge is 0.335 e. The lowest BCUT2D eigenvalue weighted by Crippen LogP contribution is -2.12. The molecule has 1 aromatic heterocycles. The molecule has 0 aliphatic rings. The minimum absolute atomic E-state index is 0.146. The van der Waals surface area contributed by atoms with Crippen LogP contribution in [0.25, 0.3) is 0 Å². The predicted octanol–water partition coefficient (Wildman–Crippen LogP) is 3.77. The molecule has 2 rings (SSSR count). The summed E-state index contributed by atoms with van der Waals surface area (Å²) in [4.78, 5) is 22.9. The second-order valence-electron chi connectivity index (χ2n) is 3.93. The van der Waals surface area contributed by atoms with Gasteiger partial charge in [0.25, 0.3) is 5.91 Å². The minimum atomic E-state index is -1.02. The monoisotopic (exact) mass is 339 g/mol. The molecule has 0 unspecified atom stereocenters. The number of amides is 1. The van der Waals surface area contributed by atoms with Crippen molar-refractivity contribution in [3.63, 3.8) is 0 Å². The molecule has 0 fully saturated rings. The van der Waals surface area contributed by atoms with E-state index in [2.05, 4.69) is 21.2 Å². The van der Waals surface area contributed by atoms with Gasteiger partial charge in [0.05, 0.1) is 14.9 Å². The van der Waals surface area contributed by atoms with Gasteiger partial charge in [0, 0.05) is 11.1 Å². The molecule has 2 aromatic rings. The van der Waals surface area contributed by atoms with Crippen molar-refractivity contribution in [1.29, 1.82) is 0 Å². The second-order valence-corrected chi connectivity index (χ2v) is 6.22. The molecule has 98 valence electrons. The van der Waals surface area contributed by atoms with E-state index in [-0.39, 0.29) is 11.5 Å². The molecular formula is C13H10BrNO3S. The molecule has 0 aliphatic heterocycles. The number of carbonyl (C=O) groups is 2. The Balaban J connectivity index is 2.25. The predicted molar refractivity (Wildman–Crippen MR) is 78.1 cm³/mol. The number of rotatable bonds is 3. The molecule has 0 atom stereocenters. The van der Waals surface area contributed by atoms with Crippen LogP contribution in [0.15, 0.2) is 33.4 Å². The zero-order chi connectivity index (χ0) is 14.0. The van der Waals surface area contributed by atoms with Crippen LogP contribution in [0.2, 0.25) is 0 Å². The Bertz CT molecular complexity index is 651. The Morgan fingerprint density at radius 2 is 2.00 bits per heavy atom. The van der Waals surface area contributed by atoms with Gasteiger partial charge in [-0.2, -0.15) is 0 Å². The maximum atomic E-state index is 12.0. The van der Waals surface area contributed by atoms with Crippen molar-refractivity contribution in [2.45, 2.75) is 6.92 Å². The molecule has 1 amide bonds. The highest BCUT2D eigenvalue weighted by Gasteiger charge is 2.11. The van der Waals surface area contributed by atoms with Gasteiger partial charge in [-0.15, -0.1) is 11.3 Å². The summed E-state index contributed by atoms with van der Waals surface area (Å²) >= 11 is 4.71. The first-order chi connectivity index (χ1) is 8.97. The fraction of sp³-hybridized carbons (Fsp3) is 0.0769. The highest BCUT2D eigenvalue weighted by atomic mass is 79.9. The zero-order valence-corrected chi connectivity index (χ0v) is 12.3. The summed E-state index contributed by atoms with van der Waals surface area (Å²) in [6, 6.07) is 6.35. The number of benzene rings is 1. The number of aryl methyl sites for hydroxylation is 1. The Morgan fingerprint density at radius 3 is 2.58 bits per heavy atom. The number of carboxylic acid groups (broad SMARTS) is 1. The molecule has 0 saturated heterocycles. The van der Waals surface area contributed by atoms with E-state index in [0.29, 0.717) is 11.3 Å². The van der Waals surface area contributed by atoms with Crippen LogP contribution in [-0.4, -0.2) is 17.0 Å². The van der Waals surface area contributed by atoms with E-state index < -0.39 is 5.97 Å². The molecular weight excluding hydrogens is 330 g/mol. The van der Waals surface area contributed by atoms with Gasteiger partial charge in [-0.05, 0) is 46.6 Å². The number of hydrogen-bond acceptors (Lipinski definition) is 3. The van der Waals surface area contributed by atoms with E-state index in [1.807, 2.05) is 6.92 Å². The standard InChI is InChI=1S/C13H10BrNO3S/c1-7-2-3-8(13(17)18)4-10(7)15-12(16)9-5-11(14)19-6-9/h2-6H,1H3,(H,15,16)(H,17,18). The molecule has 0 saturated carbocycles. The molecule has 0 spiro atoms. The molecule has 6 heteroatoms. The van der Waals surface area contributed by atoms with Crippen molar-refractivity contribution in [1.82, 2.24) is 0 Å². The molecule has 0 bridgehead atoms. The Hall–Kier alpha value is -1.66. The van der Waals surface area contributed by atoms with Gasteiger partial charge in [0.2, 0.25) is 0 Å². The Morgan fingerprint density at radius 1 is 1.26 bits per heavy atom. The van der Waals surface area contributed by atoms with Gasteiger partial charge >= 0.3 is 5.97 Å². The third-order valence-corrected chi connectivity index (χ3v) is 4.07. The maximum absolute atomic E-state index is 12.0. The SMILES string of the molecule is Cc1ccc(C(=O)O)cc1NC(=O)c1csc(Br)c1. The number of anilines is 1. The van der Waals surface area contributed by atoms with Crippen molar-refractivity contribution in [2.24, 2.45) is 0 Å². The summed E-state index contributed by atoms with van der Waals surface area (Å²) in [7, 11) is 0. The maximum Gasteiger partial charge on any atom is 0.335 e. The van der Waals surface area contributed by atoms with Gasteiger partial charge in [0.1, 0.15) is 0 Å². The van der Waals surface area contributed by atoms with Crippen LogP contribution in [-0.2, 0) is 0 Å². The Kier molecular flexibility index (Phi) is 4.01. The fourth-order valence-corrected chi connectivity index (χ4v) is 2.65. The number of halogens is 1. The van der Waals surface area contributed by atoms with Crippen LogP contribution in [0.1, 0.15) is 26.3 Å². The summed E-state index contributed by atoms with van der Waals surface area (Å²) in [5, 5.41) is 13.4. The average Bonchev–Trinajstić information content (AvgIpc) is 2.78. The quantitative estimate of drug-likeness (QED) is 0.894. The molecule has 19 heavy (non-hydrogen) atoms. The van der Waals surface area contributed by atoms with Crippen molar-refractivity contribution in [3.05, 3.63) is 50.1 Å². The second kappa shape index (κ2) is 5.54. The summed E-state index contributed by atoms with van der Waals surface area (Å²) in [6.45, 7) is 1.81. The van der Waals surface area contributed by atoms with Gasteiger partial charge in [-0.1, -0.05) is 6.07 Å². The third-order valence-electron chi connectivity index (χ3n) is 2.56. The summed E-state index contributed by atoms with van der Waals surface area (Å²) < 4.78 is 0.869. The zero-order valence-electron chi connectivity index (χ0n) is 9.94. The number of carbonyl (C=O) groups excluding carboxylic acids is 1. The van der Waals surface area contributed by atoms with Gasteiger partial charge in [-0.3, -0.25) is 4.79 Å². The Labute approximate surface area is 122 Å². The summed E-state index contributed by atoms with van der Waals surface area (Å²) in [5.74, 6) is -1.28. The number of hydrogen-bond donors (Lipinski definition) is 2. The molecule has 1 aromatic carbocycles. The number of nitrogens with one attached hydrogen (secondary N) is 1. The van der Waals surface area contributed by atoms with E-state index >= 15 is 0 Å². The number of aromatic carboxylic acids is 1. The highest BCUT2D eigenvalue weighted by Crippen LogP contribution is 2.23. The molecule has 0 radical (unpaired) electrons. The van der Waals surface area contributed by atoms with Crippen molar-refractivity contribution in [2.75, 3.05) is 5.32 Å². The molecule has 0 aliphatic carbocycles. The largest absolute Gasteiger partial charge is 0.478 e. The molecule has 1 heterocycles. The van der Waals surface area contributed by atoms with E-state index in [1.165, 1.54) is 23.5 Å². The van der Waals surface area contributed by atoms with Gasteiger partial charge in [0.15, 0.2) is 0 Å². The lowest BCUT2D eigenvalue weighted by Gasteiger charge is -2.08. The topological polar surface area (TPSA) is 66.4 Å². The normalized spacial score (nSPS) is 10.2. The van der Waals surface area contributed by atoms with Gasteiger partial charge in [-0.25, -0.2) is 4.79 Å². The van der Waals surface area contributed by atoms with Crippen LogP contribution in [0, 0.1) is 6.92 Å². The van der Waals surface area contributed by atoms with E-state index in [1.54, 1.807) is 17.5 Å². The first-order valence-electron chi connectivity index (χ1n) is 5.36. The average molecular weight is 340 g/mol. The lowest BCUT2D eigenvalue weighted by molar-refractivity contribution is 0.0696.